The molecule has 172 valence electrons. The number of carbonyl (C=O) groups is 4. The second kappa shape index (κ2) is 11.8. The first-order chi connectivity index (χ1) is 14.0. The summed E-state index contributed by atoms with van der Waals surface area (Å²) in [5.41, 5.74) is 6.00. The van der Waals surface area contributed by atoms with Crippen LogP contribution in [0.15, 0.2) is 0 Å². The second-order valence-corrected chi connectivity index (χ2v) is 8.37. The van der Waals surface area contributed by atoms with Crippen molar-refractivity contribution in [1.29, 1.82) is 0 Å². The summed E-state index contributed by atoms with van der Waals surface area (Å²) in [6, 6.07) is -3.85. The molecule has 5 atom stereocenters. The topological polar surface area (TPSA) is 162 Å². The molecule has 1 aliphatic heterocycles. The molecular weight excluding hydrogens is 392 g/mol. The zero-order chi connectivity index (χ0) is 23.0. The number of aliphatic carboxylic acids is 1. The molecular formula is C20H36N4O6. The maximum atomic E-state index is 13.2. The molecule has 10 nitrogen and oxygen atoms in total. The van der Waals surface area contributed by atoms with E-state index in [1.54, 1.807) is 0 Å². The van der Waals surface area contributed by atoms with Gasteiger partial charge in [0.25, 0.3) is 0 Å². The van der Waals surface area contributed by atoms with Gasteiger partial charge >= 0.3 is 5.97 Å². The molecule has 0 aromatic rings. The molecule has 30 heavy (non-hydrogen) atoms. The highest BCUT2D eigenvalue weighted by Gasteiger charge is 2.39. The normalized spacial score (nSPS) is 20.4. The quantitative estimate of drug-likeness (QED) is 0.295. The molecule has 0 spiro atoms. The molecule has 1 heterocycles. The van der Waals surface area contributed by atoms with Gasteiger partial charge in [0, 0.05) is 6.54 Å². The Morgan fingerprint density at radius 1 is 1.13 bits per heavy atom. The smallest absolute Gasteiger partial charge is 0.328 e. The number of aliphatic hydroxyl groups is 1. The van der Waals surface area contributed by atoms with Gasteiger partial charge in [-0.05, 0) is 31.1 Å². The lowest BCUT2D eigenvalue weighted by Crippen LogP contribution is -2.57. The van der Waals surface area contributed by atoms with Gasteiger partial charge in [0.1, 0.15) is 18.1 Å². The van der Waals surface area contributed by atoms with E-state index in [9.17, 15) is 19.2 Å². The molecule has 1 fully saturated rings. The van der Waals surface area contributed by atoms with E-state index in [4.69, 9.17) is 15.9 Å². The zero-order valence-corrected chi connectivity index (χ0v) is 18.3. The van der Waals surface area contributed by atoms with Gasteiger partial charge in [0.15, 0.2) is 0 Å². The van der Waals surface area contributed by atoms with Gasteiger partial charge in [0.05, 0.1) is 12.6 Å². The van der Waals surface area contributed by atoms with E-state index in [0.717, 1.165) is 6.42 Å². The van der Waals surface area contributed by atoms with Crippen LogP contribution in [-0.2, 0) is 19.2 Å². The molecule has 0 bridgehead atoms. The third-order valence-electron chi connectivity index (χ3n) is 5.52. The number of amides is 3. The molecule has 3 amide bonds. The lowest BCUT2D eigenvalue weighted by Gasteiger charge is -2.31. The van der Waals surface area contributed by atoms with Crippen LogP contribution < -0.4 is 16.4 Å². The number of carbonyl (C=O) groups excluding carboxylic acids is 3. The highest BCUT2D eigenvalue weighted by molar-refractivity contribution is 5.94. The largest absolute Gasteiger partial charge is 0.480 e. The van der Waals surface area contributed by atoms with Gasteiger partial charge in [-0.15, -0.1) is 0 Å². The molecule has 1 rings (SSSR count). The summed E-state index contributed by atoms with van der Waals surface area (Å²) in [5, 5.41) is 23.2. The standard InChI is InChI=1S/C20H36N4O6/c1-5-12(4)16(21)18(27)22-13(9-11(2)3)19(28)24-8-6-7-15(24)17(26)23-14(10-25)20(29)30/h11-16,25H,5-10,21H2,1-4H3,(H,22,27)(H,23,26)(H,29,30). The molecule has 6 N–H and O–H groups in total. The van der Waals surface area contributed by atoms with Crippen molar-refractivity contribution in [3.63, 3.8) is 0 Å². The zero-order valence-electron chi connectivity index (χ0n) is 18.3. The fraction of sp³-hybridized carbons (Fsp3) is 0.800. The summed E-state index contributed by atoms with van der Waals surface area (Å²) < 4.78 is 0. The maximum Gasteiger partial charge on any atom is 0.328 e. The van der Waals surface area contributed by atoms with Crippen LogP contribution in [0.2, 0.25) is 0 Å². The Hall–Kier alpha value is -2.20. The van der Waals surface area contributed by atoms with Crippen molar-refractivity contribution in [2.45, 2.75) is 77.5 Å². The molecule has 0 aromatic carbocycles. The minimum atomic E-state index is -1.44. The summed E-state index contributed by atoms with van der Waals surface area (Å²) in [4.78, 5) is 50.8. The van der Waals surface area contributed by atoms with E-state index in [2.05, 4.69) is 10.6 Å². The number of nitrogens with one attached hydrogen (secondary N) is 2. The SMILES string of the molecule is CCC(C)C(N)C(=O)NC(CC(C)C)C(=O)N1CCCC1C(=O)NC(CO)C(=O)O. The van der Waals surface area contributed by atoms with E-state index in [0.29, 0.717) is 25.8 Å². The highest BCUT2D eigenvalue weighted by atomic mass is 16.4. The lowest BCUT2D eigenvalue weighted by molar-refractivity contribution is -0.145. The van der Waals surface area contributed by atoms with Gasteiger partial charge < -0.3 is 31.5 Å². The Morgan fingerprint density at radius 2 is 1.77 bits per heavy atom. The summed E-state index contributed by atoms with van der Waals surface area (Å²) in [7, 11) is 0. The van der Waals surface area contributed by atoms with Crippen molar-refractivity contribution in [2.75, 3.05) is 13.2 Å². The number of hydrogen-bond acceptors (Lipinski definition) is 6. The number of nitrogens with zero attached hydrogens (tertiary/aromatic N) is 1. The molecule has 0 aromatic heterocycles. The minimum Gasteiger partial charge on any atom is -0.480 e. The summed E-state index contributed by atoms with van der Waals surface area (Å²) in [6.07, 6.45) is 2.07. The summed E-state index contributed by atoms with van der Waals surface area (Å²) in [6.45, 7) is 7.22. The Morgan fingerprint density at radius 3 is 2.27 bits per heavy atom. The molecule has 1 aliphatic rings. The fourth-order valence-electron chi connectivity index (χ4n) is 3.43. The first kappa shape index (κ1) is 25.8. The van der Waals surface area contributed by atoms with Crippen LogP contribution in [0.1, 0.15) is 53.4 Å². The Kier molecular flexibility index (Phi) is 10.2. The van der Waals surface area contributed by atoms with Gasteiger partial charge in [-0.2, -0.15) is 0 Å². The van der Waals surface area contributed by atoms with Crippen molar-refractivity contribution in [3.8, 4) is 0 Å². The van der Waals surface area contributed by atoms with Crippen molar-refractivity contribution in [3.05, 3.63) is 0 Å². The van der Waals surface area contributed by atoms with Crippen LogP contribution in [0.5, 0.6) is 0 Å². The predicted molar refractivity (Wildman–Crippen MR) is 110 cm³/mol. The first-order valence-electron chi connectivity index (χ1n) is 10.5. The highest BCUT2D eigenvalue weighted by Crippen LogP contribution is 2.21. The monoisotopic (exact) mass is 428 g/mol. The average molecular weight is 429 g/mol. The number of carboxylic acid groups (broad SMARTS) is 1. The lowest BCUT2D eigenvalue weighted by atomic mass is 9.97. The number of rotatable bonds is 11. The number of likely N-dealkylation sites (tertiary alicyclic amines) is 1. The second-order valence-electron chi connectivity index (χ2n) is 8.37. The molecule has 0 saturated carbocycles. The van der Waals surface area contributed by atoms with Crippen molar-refractivity contribution >= 4 is 23.7 Å². The van der Waals surface area contributed by atoms with E-state index >= 15 is 0 Å². The van der Waals surface area contributed by atoms with Crippen LogP contribution in [0.25, 0.3) is 0 Å². The summed E-state index contributed by atoms with van der Waals surface area (Å²) >= 11 is 0. The third-order valence-corrected chi connectivity index (χ3v) is 5.52. The van der Waals surface area contributed by atoms with Crippen LogP contribution >= 0.6 is 0 Å². The fourth-order valence-corrected chi connectivity index (χ4v) is 3.43. The van der Waals surface area contributed by atoms with Crippen molar-refractivity contribution in [2.24, 2.45) is 17.6 Å². The van der Waals surface area contributed by atoms with Crippen LogP contribution in [0, 0.1) is 11.8 Å². The van der Waals surface area contributed by atoms with E-state index in [-0.39, 0.29) is 17.7 Å². The van der Waals surface area contributed by atoms with Gasteiger partial charge in [-0.25, -0.2) is 4.79 Å². The molecule has 0 radical (unpaired) electrons. The van der Waals surface area contributed by atoms with E-state index in [1.165, 1.54) is 4.90 Å². The van der Waals surface area contributed by atoms with Crippen LogP contribution in [0.4, 0.5) is 0 Å². The van der Waals surface area contributed by atoms with Crippen LogP contribution in [-0.4, -0.2) is 76.1 Å². The summed E-state index contributed by atoms with van der Waals surface area (Å²) in [5.74, 6) is -2.72. The molecule has 5 unspecified atom stereocenters. The van der Waals surface area contributed by atoms with E-state index < -0.39 is 48.6 Å². The van der Waals surface area contributed by atoms with Crippen molar-refractivity contribution < 1.29 is 29.4 Å². The number of hydrogen-bond donors (Lipinski definition) is 5. The Bertz CT molecular complexity index is 626. The third kappa shape index (κ3) is 6.94. The first-order valence-corrected chi connectivity index (χ1v) is 10.5. The van der Waals surface area contributed by atoms with Crippen molar-refractivity contribution in [1.82, 2.24) is 15.5 Å². The van der Waals surface area contributed by atoms with Gasteiger partial charge in [0.2, 0.25) is 17.7 Å². The van der Waals surface area contributed by atoms with Gasteiger partial charge in [-0.3, -0.25) is 14.4 Å². The number of aliphatic hydroxyl groups excluding tert-OH is 1. The number of nitrogens with two attached hydrogens (primary N) is 1. The predicted octanol–water partition coefficient (Wildman–Crippen LogP) is -0.557. The maximum absolute atomic E-state index is 13.2. The number of carboxylic acids is 1. The molecule has 0 aliphatic carbocycles. The minimum absolute atomic E-state index is 0.0449. The van der Waals surface area contributed by atoms with E-state index in [1.807, 2.05) is 27.7 Å². The Balaban J connectivity index is 2.95. The average Bonchev–Trinajstić information content (AvgIpc) is 3.18. The van der Waals surface area contributed by atoms with Gasteiger partial charge in [-0.1, -0.05) is 34.1 Å². The molecule has 10 heteroatoms. The molecule has 1 saturated heterocycles. The Labute approximate surface area is 177 Å². The van der Waals surface area contributed by atoms with Crippen LogP contribution in [0.3, 0.4) is 0 Å².